The fourth-order valence-corrected chi connectivity index (χ4v) is 1.80. The van der Waals surface area contributed by atoms with Gasteiger partial charge in [0.25, 0.3) is 0 Å². The molecule has 82 valence electrons. The van der Waals surface area contributed by atoms with Crippen molar-refractivity contribution in [1.29, 1.82) is 0 Å². The molecule has 1 saturated heterocycles. The molecule has 2 atom stereocenters. The Kier molecular flexibility index (Phi) is 2.98. The van der Waals surface area contributed by atoms with Gasteiger partial charge in [-0.25, -0.2) is 8.78 Å². The van der Waals surface area contributed by atoms with Crippen molar-refractivity contribution in [2.24, 2.45) is 5.92 Å². The maximum absolute atomic E-state index is 13.3. The molecule has 0 spiro atoms. The van der Waals surface area contributed by atoms with Crippen molar-refractivity contribution < 1.29 is 18.6 Å². The summed E-state index contributed by atoms with van der Waals surface area (Å²) in [5, 5.41) is 9.84. The Morgan fingerprint density at radius 2 is 2.20 bits per heavy atom. The van der Waals surface area contributed by atoms with E-state index in [1.165, 1.54) is 0 Å². The molecule has 1 fully saturated rings. The van der Waals surface area contributed by atoms with Crippen molar-refractivity contribution in [3.05, 3.63) is 35.4 Å². The predicted octanol–water partition coefficient (Wildman–Crippen LogP) is 2.03. The van der Waals surface area contributed by atoms with E-state index in [2.05, 4.69) is 0 Å². The standard InChI is InChI=1S/C11H12F2O2/c12-8-1-2-10(13)9(5-8)11(14)7-3-4-15-6-7/h1-2,5,7,11,14H,3-4,6H2. The molecule has 1 aromatic carbocycles. The summed E-state index contributed by atoms with van der Waals surface area (Å²) in [5.74, 6) is -1.25. The van der Waals surface area contributed by atoms with E-state index in [0.29, 0.717) is 19.6 Å². The normalized spacial score (nSPS) is 23.0. The van der Waals surface area contributed by atoms with Crippen LogP contribution in [-0.2, 0) is 4.74 Å². The van der Waals surface area contributed by atoms with Gasteiger partial charge in [-0.2, -0.15) is 0 Å². The summed E-state index contributed by atoms with van der Waals surface area (Å²) in [6.45, 7) is 0.968. The number of ether oxygens (including phenoxy) is 1. The summed E-state index contributed by atoms with van der Waals surface area (Å²) in [5.41, 5.74) is 0.0190. The highest BCUT2D eigenvalue weighted by Gasteiger charge is 2.27. The third-order valence-electron chi connectivity index (χ3n) is 2.69. The van der Waals surface area contributed by atoms with Crippen molar-refractivity contribution in [3.8, 4) is 0 Å². The number of halogens is 2. The number of aliphatic hydroxyl groups excluding tert-OH is 1. The lowest BCUT2D eigenvalue weighted by molar-refractivity contribution is 0.0886. The Bertz CT molecular complexity index is 348. The molecule has 2 rings (SSSR count). The van der Waals surface area contributed by atoms with Gasteiger partial charge in [-0.3, -0.25) is 0 Å². The summed E-state index contributed by atoms with van der Waals surface area (Å²) in [7, 11) is 0. The quantitative estimate of drug-likeness (QED) is 0.816. The Balaban J connectivity index is 2.23. The second-order valence-electron chi connectivity index (χ2n) is 3.73. The molecule has 2 nitrogen and oxygen atoms in total. The molecule has 4 heteroatoms. The Morgan fingerprint density at radius 1 is 1.40 bits per heavy atom. The largest absolute Gasteiger partial charge is 0.388 e. The van der Waals surface area contributed by atoms with Crippen molar-refractivity contribution in [2.75, 3.05) is 13.2 Å². The molecule has 1 heterocycles. The SMILES string of the molecule is OC(c1cc(F)ccc1F)C1CCOC1. The molecule has 1 aliphatic rings. The van der Waals surface area contributed by atoms with Gasteiger partial charge in [0, 0.05) is 18.1 Å². The van der Waals surface area contributed by atoms with Gasteiger partial charge in [-0.15, -0.1) is 0 Å². The van der Waals surface area contributed by atoms with E-state index in [1.807, 2.05) is 0 Å². The highest BCUT2D eigenvalue weighted by atomic mass is 19.1. The molecule has 0 bridgehead atoms. The number of rotatable bonds is 2. The summed E-state index contributed by atoms with van der Waals surface area (Å²) >= 11 is 0. The Hall–Kier alpha value is -1.00. The first-order valence-electron chi connectivity index (χ1n) is 4.89. The van der Waals surface area contributed by atoms with Crippen LogP contribution in [0.15, 0.2) is 18.2 Å². The minimum Gasteiger partial charge on any atom is -0.388 e. The third kappa shape index (κ3) is 2.16. The van der Waals surface area contributed by atoms with Crippen LogP contribution < -0.4 is 0 Å². The number of hydrogen-bond acceptors (Lipinski definition) is 2. The second-order valence-corrected chi connectivity index (χ2v) is 3.73. The lowest BCUT2D eigenvalue weighted by atomic mass is 9.95. The van der Waals surface area contributed by atoms with Crippen LogP contribution in [0.25, 0.3) is 0 Å². The molecular formula is C11H12F2O2. The lowest BCUT2D eigenvalue weighted by Crippen LogP contribution is -2.14. The smallest absolute Gasteiger partial charge is 0.129 e. The van der Waals surface area contributed by atoms with Gasteiger partial charge in [0.1, 0.15) is 11.6 Å². The maximum Gasteiger partial charge on any atom is 0.129 e. The van der Waals surface area contributed by atoms with Crippen molar-refractivity contribution >= 4 is 0 Å². The molecule has 0 amide bonds. The van der Waals surface area contributed by atoms with Gasteiger partial charge in [0.15, 0.2) is 0 Å². The zero-order valence-corrected chi connectivity index (χ0v) is 8.12. The zero-order chi connectivity index (χ0) is 10.8. The highest BCUT2D eigenvalue weighted by Crippen LogP contribution is 2.30. The fourth-order valence-electron chi connectivity index (χ4n) is 1.80. The van der Waals surface area contributed by atoms with E-state index in [4.69, 9.17) is 4.74 Å². The summed E-state index contributed by atoms with van der Waals surface area (Å²) < 4.78 is 31.3. The lowest BCUT2D eigenvalue weighted by Gasteiger charge is -2.17. The monoisotopic (exact) mass is 214 g/mol. The average Bonchev–Trinajstić information content (AvgIpc) is 2.74. The first-order valence-corrected chi connectivity index (χ1v) is 4.89. The van der Waals surface area contributed by atoms with E-state index in [-0.39, 0.29) is 11.5 Å². The minimum absolute atomic E-state index is 0.0190. The van der Waals surface area contributed by atoms with Crippen LogP contribution in [0.4, 0.5) is 8.78 Å². The molecular weight excluding hydrogens is 202 g/mol. The highest BCUT2D eigenvalue weighted by molar-refractivity contribution is 5.21. The molecule has 2 unspecified atom stereocenters. The van der Waals surface area contributed by atoms with Crippen molar-refractivity contribution in [3.63, 3.8) is 0 Å². The van der Waals surface area contributed by atoms with E-state index in [9.17, 15) is 13.9 Å². The van der Waals surface area contributed by atoms with Crippen molar-refractivity contribution in [2.45, 2.75) is 12.5 Å². The van der Waals surface area contributed by atoms with Gasteiger partial charge < -0.3 is 9.84 Å². The zero-order valence-electron chi connectivity index (χ0n) is 8.12. The fraction of sp³-hybridized carbons (Fsp3) is 0.455. The van der Waals surface area contributed by atoms with Crippen LogP contribution in [0.5, 0.6) is 0 Å². The molecule has 0 aromatic heterocycles. The third-order valence-corrected chi connectivity index (χ3v) is 2.69. The number of hydrogen-bond donors (Lipinski definition) is 1. The van der Waals surface area contributed by atoms with Crippen molar-refractivity contribution in [1.82, 2.24) is 0 Å². The molecule has 1 aromatic rings. The average molecular weight is 214 g/mol. The minimum atomic E-state index is -0.983. The molecule has 15 heavy (non-hydrogen) atoms. The summed E-state index contributed by atoms with van der Waals surface area (Å²) in [4.78, 5) is 0. The van der Waals surface area contributed by atoms with E-state index >= 15 is 0 Å². The van der Waals surface area contributed by atoms with Gasteiger partial charge in [-0.1, -0.05) is 0 Å². The topological polar surface area (TPSA) is 29.5 Å². The van der Waals surface area contributed by atoms with Crippen LogP contribution in [-0.4, -0.2) is 18.3 Å². The summed E-state index contributed by atoms with van der Waals surface area (Å²) in [6, 6.07) is 3.11. The Labute approximate surface area is 86.5 Å². The molecule has 0 radical (unpaired) electrons. The van der Waals surface area contributed by atoms with Crippen LogP contribution in [0.2, 0.25) is 0 Å². The number of benzene rings is 1. The van der Waals surface area contributed by atoms with E-state index in [1.54, 1.807) is 0 Å². The van der Waals surface area contributed by atoms with Crippen LogP contribution in [0, 0.1) is 17.6 Å². The number of aliphatic hydroxyl groups is 1. The maximum atomic E-state index is 13.3. The second kappa shape index (κ2) is 4.24. The Morgan fingerprint density at radius 3 is 2.87 bits per heavy atom. The first kappa shape index (κ1) is 10.5. The molecule has 0 saturated carbocycles. The van der Waals surface area contributed by atoms with Gasteiger partial charge in [0.05, 0.1) is 12.7 Å². The van der Waals surface area contributed by atoms with Gasteiger partial charge >= 0.3 is 0 Å². The van der Waals surface area contributed by atoms with Gasteiger partial charge in [0.2, 0.25) is 0 Å². The molecule has 1 N–H and O–H groups in total. The molecule has 1 aliphatic heterocycles. The summed E-state index contributed by atoms with van der Waals surface area (Å²) in [6.07, 6.45) is -0.305. The van der Waals surface area contributed by atoms with Gasteiger partial charge in [-0.05, 0) is 24.6 Å². The van der Waals surface area contributed by atoms with E-state index < -0.39 is 17.7 Å². The molecule has 0 aliphatic carbocycles. The van der Waals surface area contributed by atoms with E-state index in [0.717, 1.165) is 18.2 Å². The first-order chi connectivity index (χ1) is 7.18. The predicted molar refractivity (Wildman–Crippen MR) is 50.2 cm³/mol. The van der Waals surface area contributed by atoms with Crippen LogP contribution in [0.3, 0.4) is 0 Å². The van der Waals surface area contributed by atoms with Crippen LogP contribution >= 0.6 is 0 Å². The van der Waals surface area contributed by atoms with Crippen LogP contribution in [0.1, 0.15) is 18.1 Å².